The smallest absolute Gasteiger partial charge is 0.303 e. The van der Waals surface area contributed by atoms with Gasteiger partial charge in [0.25, 0.3) is 0 Å². The second-order valence-corrected chi connectivity index (χ2v) is 10.6. The molecule has 0 saturated heterocycles. The van der Waals surface area contributed by atoms with Gasteiger partial charge in [-0.15, -0.1) is 15.3 Å². The molecule has 0 aliphatic carbocycles. The number of rotatable bonds is 13. The number of nitrogens with zero attached hydrogens (tertiary/aromatic N) is 6. The standard InChI is InChI=1S/C35H35N7O2/c1-3-25(4-2)24-42-32(23-26-19-21-27(22-20-26)30-17-11-12-18-31(30)33-37-40-41-38-33)36-34(39-42)35(43-28-13-7-5-8-14-28)44-29-15-9-6-10-16-29/h5-22,25,35H,3-4,23-24H2,1-2H3,(H,37,38,40,41). The van der Waals surface area contributed by atoms with Crippen LogP contribution in [0.3, 0.4) is 0 Å². The summed E-state index contributed by atoms with van der Waals surface area (Å²) in [6.07, 6.45) is 1.92. The van der Waals surface area contributed by atoms with Crippen LogP contribution in [-0.2, 0) is 13.0 Å². The Morgan fingerprint density at radius 1 is 0.727 bits per heavy atom. The SMILES string of the molecule is CCC(CC)Cn1nc(C(Oc2ccccc2)Oc2ccccc2)nc1Cc1ccc(-c2ccccc2-c2nn[nH]n2)cc1. The van der Waals surface area contributed by atoms with Gasteiger partial charge in [-0.25, -0.2) is 9.67 Å². The molecule has 2 heterocycles. The molecule has 6 aromatic rings. The fourth-order valence-electron chi connectivity index (χ4n) is 5.13. The van der Waals surface area contributed by atoms with E-state index < -0.39 is 6.29 Å². The number of nitrogens with one attached hydrogen (secondary N) is 1. The summed E-state index contributed by atoms with van der Waals surface area (Å²) in [7, 11) is 0. The number of tetrazole rings is 1. The Kier molecular flexibility index (Phi) is 9.01. The first kappa shape index (κ1) is 28.8. The molecular formula is C35H35N7O2. The fraction of sp³-hybridized carbons (Fsp3) is 0.229. The van der Waals surface area contributed by atoms with Crippen LogP contribution < -0.4 is 9.47 Å². The second-order valence-electron chi connectivity index (χ2n) is 10.6. The van der Waals surface area contributed by atoms with Crippen molar-refractivity contribution in [2.75, 3.05) is 0 Å². The largest absolute Gasteiger partial charge is 0.448 e. The average Bonchev–Trinajstić information content (AvgIpc) is 3.75. The lowest BCUT2D eigenvalue weighted by Crippen LogP contribution is -2.18. The van der Waals surface area contributed by atoms with Gasteiger partial charge in [0.15, 0.2) is 0 Å². The van der Waals surface area contributed by atoms with Crippen molar-refractivity contribution >= 4 is 0 Å². The van der Waals surface area contributed by atoms with Crippen molar-refractivity contribution in [3.8, 4) is 34.0 Å². The number of hydrogen-bond acceptors (Lipinski definition) is 7. The summed E-state index contributed by atoms with van der Waals surface area (Å²) < 4.78 is 14.6. The molecule has 0 atom stereocenters. The highest BCUT2D eigenvalue weighted by molar-refractivity contribution is 5.80. The van der Waals surface area contributed by atoms with E-state index in [1.807, 2.05) is 83.5 Å². The highest BCUT2D eigenvalue weighted by atomic mass is 16.7. The summed E-state index contributed by atoms with van der Waals surface area (Å²) in [6.45, 7) is 5.21. The van der Waals surface area contributed by atoms with Crippen LogP contribution in [-0.4, -0.2) is 35.4 Å². The summed E-state index contributed by atoms with van der Waals surface area (Å²) in [5.74, 6) is 3.77. The summed E-state index contributed by atoms with van der Waals surface area (Å²) in [5.41, 5.74) is 4.16. The van der Waals surface area contributed by atoms with Crippen LogP contribution in [0.2, 0.25) is 0 Å². The van der Waals surface area contributed by atoms with E-state index in [0.717, 1.165) is 47.5 Å². The van der Waals surface area contributed by atoms with Crippen molar-refractivity contribution in [2.24, 2.45) is 5.92 Å². The molecule has 0 saturated carbocycles. The molecule has 9 heteroatoms. The number of aromatic nitrogens is 7. The molecule has 0 radical (unpaired) electrons. The summed E-state index contributed by atoms with van der Waals surface area (Å²) in [6, 6.07) is 35.8. The zero-order valence-electron chi connectivity index (χ0n) is 24.9. The molecule has 1 N–H and O–H groups in total. The Labute approximate surface area is 256 Å². The number of aromatic amines is 1. The molecule has 9 nitrogen and oxygen atoms in total. The van der Waals surface area contributed by atoms with Crippen molar-refractivity contribution in [3.05, 3.63) is 126 Å². The minimum absolute atomic E-state index is 0.482. The zero-order valence-corrected chi connectivity index (χ0v) is 24.9. The van der Waals surface area contributed by atoms with E-state index in [2.05, 4.69) is 64.8 Å². The minimum atomic E-state index is -0.814. The molecule has 0 bridgehead atoms. The maximum atomic E-state index is 6.31. The normalized spacial score (nSPS) is 11.3. The van der Waals surface area contributed by atoms with Gasteiger partial charge in [0.2, 0.25) is 11.6 Å². The van der Waals surface area contributed by atoms with Crippen molar-refractivity contribution in [3.63, 3.8) is 0 Å². The molecule has 0 spiro atoms. The third kappa shape index (κ3) is 6.83. The molecule has 2 aromatic heterocycles. The van der Waals surface area contributed by atoms with Crippen LogP contribution in [0.4, 0.5) is 0 Å². The predicted molar refractivity (Wildman–Crippen MR) is 169 cm³/mol. The van der Waals surface area contributed by atoms with E-state index in [1.54, 1.807) is 0 Å². The molecule has 4 aromatic carbocycles. The number of H-pyrrole nitrogens is 1. The molecule has 44 heavy (non-hydrogen) atoms. The molecule has 222 valence electrons. The van der Waals surface area contributed by atoms with Gasteiger partial charge < -0.3 is 9.47 Å². The van der Waals surface area contributed by atoms with E-state index in [9.17, 15) is 0 Å². The van der Waals surface area contributed by atoms with Gasteiger partial charge >= 0.3 is 6.29 Å². The molecule has 0 unspecified atom stereocenters. The maximum Gasteiger partial charge on any atom is 0.303 e. The molecule has 0 aliphatic rings. The highest BCUT2D eigenvalue weighted by Gasteiger charge is 2.24. The quantitative estimate of drug-likeness (QED) is 0.142. The Morgan fingerprint density at radius 2 is 1.34 bits per heavy atom. The molecule has 0 aliphatic heterocycles. The topological polar surface area (TPSA) is 104 Å². The van der Waals surface area contributed by atoms with E-state index >= 15 is 0 Å². The van der Waals surface area contributed by atoms with Gasteiger partial charge in [-0.1, -0.05) is 112 Å². The van der Waals surface area contributed by atoms with Gasteiger partial charge in [-0.05, 0) is 52.1 Å². The van der Waals surface area contributed by atoms with E-state index in [-0.39, 0.29) is 0 Å². The molecule has 0 fully saturated rings. The number of ether oxygens (including phenoxy) is 2. The molecule has 0 amide bonds. The lowest BCUT2D eigenvalue weighted by atomic mass is 9.97. The minimum Gasteiger partial charge on any atom is -0.448 e. The van der Waals surface area contributed by atoms with E-state index in [4.69, 9.17) is 19.6 Å². The van der Waals surface area contributed by atoms with Gasteiger partial charge in [0, 0.05) is 18.5 Å². The lowest BCUT2D eigenvalue weighted by Gasteiger charge is -2.18. The van der Waals surface area contributed by atoms with Crippen LogP contribution in [0.15, 0.2) is 109 Å². The van der Waals surface area contributed by atoms with Crippen LogP contribution >= 0.6 is 0 Å². The second kappa shape index (κ2) is 13.8. The van der Waals surface area contributed by atoms with Crippen LogP contribution in [0.5, 0.6) is 11.5 Å². The highest BCUT2D eigenvalue weighted by Crippen LogP contribution is 2.30. The Bertz CT molecular complexity index is 1690. The van der Waals surface area contributed by atoms with Crippen molar-refractivity contribution in [2.45, 2.75) is 45.9 Å². The van der Waals surface area contributed by atoms with Crippen LogP contribution in [0.1, 0.15) is 50.2 Å². The van der Waals surface area contributed by atoms with Gasteiger partial charge in [-0.3, -0.25) is 0 Å². The molecule has 6 rings (SSSR count). The van der Waals surface area contributed by atoms with Crippen molar-refractivity contribution in [1.29, 1.82) is 0 Å². The summed E-state index contributed by atoms with van der Waals surface area (Å²) >= 11 is 0. The van der Waals surface area contributed by atoms with Crippen LogP contribution in [0, 0.1) is 5.92 Å². The van der Waals surface area contributed by atoms with Gasteiger partial charge in [0.05, 0.1) is 0 Å². The Morgan fingerprint density at radius 3 is 1.93 bits per heavy atom. The maximum absolute atomic E-state index is 6.31. The average molecular weight is 586 g/mol. The number of hydrogen-bond donors (Lipinski definition) is 1. The summed E-state index contributed by atoms with van der Waals surface area (Å²) in [4.78, 5) is 5.02. The number of benzene rings is 4. The monoisotopic (exact) mass is 585 g/mol. The lowest BCUT2D eigenvalue weighted by molar-refractivity contribution is -0.00361. The van der Waals surface area contributed by atoms with E-state index in [0.29, 0.717) is 35.5 Å². The van der Waals surface area contributed by atoms with E-state index in [1.165, 1.54) is 0 Å². The zero-order chi connectivity index (χ0) is 30.1. The third-order valence-electron chi connectivity index (χ3n) is 7.67. The summed E-state index contributed by atoms with van der Waals surface area (Å²) in [5, 5.41) is 19.6. The Hall–Kier alpha value is -5.31. The van der Waals surface area contributed by atoms with Gasteiger partial charge in [-0.2, -0.15) is 5.21 Å². The van der Waals surface area contributed by atoms with Gasteiger partial charge in [0.1, 0.15) is 17.3 Å². The Balaban J connectivity index is 1.30. The first-order valence-electron chi connectivity index (χ1n) is 15.0. The first-order chi connectivity index (χ1) is 21.7. The first-order valence-corrected chi connectivity index (χ1v) is 15.0. The van der Waals surface area contributed by atoms with Crippen LogP contribution in [0.25, 0.3) is 22.5 Å². The molecular weight excluding hydrogens is 550 g/mol. The number of para-hydroxylation sites is 2. The van der Waals surface area contributed by atoms with Crippen molar-refractivity contribution < 1.29 is 9.47 Å². The third-order valence-corrected chi connectivity index (χ3v) is 7.67. The van der Waals surface area contributed by atoms with Crippen molar-refractivity contribution in [1.82, 2.24) is 35.4 Å². The predicted octanol–water partition coefficient (Wildman–Crippen LogP) is 7.31. The fourth-order valence-corrected chi connectivity index (χ4v) is 5.13.